The molecule has 6 heteroatoms. The average Bonchev–Trinajstić information content (AvgIpc) is 3.45. The van der Waals surface area contributed by atoms with Crippen LogP contribution in [0.2, 0.25) is 0 Å². The van der Waals surface area contributed by atoms with Crippen LogP contribution in [0.5, 0.6) is 0 Å². The summed E-state index contributed by atoms with van der Waals surface area (Å²) in [5.74, 6) is -1.29. The number of carbonyl (C=O) groups excluding carboxylic acids is 3. The molecule has 1 aliphatic rings. The highest BCUT2D eigenvalue weighted by molar-refractivity contribution is 6.00. The van der Waals surface area contributed by atoms with Crippen LogP contribution < -0.4 is 10.6 Å². The van der Waals surface area contributed by atoms with Crippen molar-refractivity contribution >= 4 is 23.3 Å². The Bertz CT molecular complexity index is 847. The highest BCUT2D eigenvalue weighted by Crippen LogP contribution is 2.39. The van der Waals surface area contributed by atoms with Gasteiger partial charge in [-0.25, -0.2) is 4.39 Å². The Kier molecular flexibility index (Phi) is 5.64. The summed E-state index contributed by atoms with van der Waals surface area (Å²) in [6, 6.07) is 12.8. The lowest BCUT2D eigenvalue weighted by Gasteiger charge is -2.07. The molecule has 2 unspecified atom stereocenters. The number of Topliss-reactive ketones (excluding diaryl/α,β-unsaturated/α-hetero) is 1. The van der Waals surface area contributed by atoms with Crippen molar-refractivity contribution in [3.63, 3.8) is 0 Å². The summed E-state index contributed by atoms with van der Waals surface area (Å²) in [6.07, 6.45) is 1.14. The molecule has 1 aliphatic carbocycles. The largest absolute Gasteiger partial charge is 0.356 e. The maximum absolute atomic E-state index is 12.9. The van der Waals surface area contributed by atoms with E-state index < -0.39 is 0 Å². The van der Waals surface area contributed by atoms with E-state index in [0.717, 1.165) is 5.56 Å². The third-order valence-electron chi connectivity index (χ3n) is 4.65. The highest BCUT2D eigenvalue weighted by Gasteiger charge is 2.47. The molecule has 2 atom stereocenters. The van der Waals surface area contributed by atoms with Crippen molar-refractivity contribution in [3.05, 3.63) is 65.5 Å². The first kappa shape index (κ1) is 18.8. The molecule has 0 heterocycles. The second kappa shape index (κ2) is 8.12. The van der Waals surface area contributed by atoms with Crippen LogP contribution in [0, 0.1) is 17.7 Å². The van der Waals surface area contributed by atoms with Gasteiger partial charge in [-0.15, -0.1) is 0 Å². The molecule has 1 saturated carbocycles. The van der Waals surface area contributed by atoms with Crippen LogP contribution in [0.25, 0.3) is 0 Å². The van der Waals surface area contributed by atoms with E-state index in [0.29, 0.717) is 30.6 Å². The monoisotopic (exact) mass is 368 g/mol. The van der Waals surface area contributed by atoms with Gasteiger partial charge >= 0.3 is 0 Å². The number of carbonyl (C=O) groups is 3. The van der Waals surface area contributed by atoms with Crippen molar-refractivity contribution in [2.75, 3.05) is 11.9 Å². The zero-order valence-corrected chi connectivity index (χ0v) is 15.0. The van der Waals surface area contributed by atoms with Gasteiger partial charge in [0.2, 0.25) is 11.8 Å². The molecule has 0 radical (unpaired) electrons. The summed E-state index contributed by atoms with van der Waals surface area (Å²) in [5, 5.41) is 5.60. The quantitative estimate of drug-likeness (QED) is 0.738. The molecule has 0 aliphatic heterocycles. The molecule has 140 valence electrons. The first-order valence-corrected chi connectivity index (χ1v) is 8.88. The minimum absolute atomic E-state index is 0.0348. The van der Waals surface area contributed by atoms with Crippen molar-refractivity contribution in [2.45, 2.75) is 19.8 Å². The summed E-state index contributed by atoms with van der Waals surface area (Å²) >= 11 is 0. The number of hydrogen-bond donors (Lipinski definition) is 2. The third kappa shape index (κ3) is 5.00. The van der Waals surface area contributed by atoms with Gasteiger partial charge in [-0.05, 0) is 61.7 Å². The number of benzene rings is 2. The lowest BCUT2D eigenvalue weighted by atomic mass is 10.1. The second-order valence-electron chi connectivity index (χ2n) is 6.74. The number of rotatable bonds is 7. The van der Waals surface area contributed by atoms with E-state index in [1.807, 2.05) is 0 Å². The molecule has 3 rings (SSSR count). The lowest BCUT2D eigenvalue weighted by Crippen LogP contribution is -2.29. The van der Waals surface area contributed by atoms with Crippen LogP contribution in [0.1, 0.15) is 29.3 Å². The SMILES string of the molecule is CC(=O)c1ccc(NC(=O)C2CC2C(=O)NCCc2ccc(F)cc2)cc1. The Morgan fingerprint density at radius 1 is 0.963 bits per heavy atom. The Morgan fingerprint density at radius 3 is 2.22 bits per heavy atom. The normalized spacial score (nSPS) is 17.9. The molecular weight excluding hydrogens is 347 g/mol. The van der Waals surface area contributed by atoms with E-state index in [1.54, 1.807) is 36.4 Å². The van der Waals surface area contributed by atoms with Gasteiger partial charge < -0.3 is 10.6 Å². The van der Waals surface area contributed by atoms with E-state index in [9.17, 15) is 18.8 Å². The number of halogens is 1. The van der Waals surface area contributed by atoms with Crippen LogP contribution in [0.15, 0.2) is 48.5 Å². The molecule has 0 spiro atoms. The Labute approximate surface area is 157 Å². The minimum Gasteiger partial charge on any atom is -0.356 e. The molecule has 2 aromatic rings. The average molecular weight is 368 g/mol. The van der Waals surface area contributed by atoms with Crippen molar-refractivity contribution in [3.8, 4) is 0 Å². The fourth-order valence-corrected chi connectivity index (χ4v) is 2.91. The van der Waals surface area contributed by atoms with Gasteiger partial charge in [-0.3, -0.25) is 14.4 Å². The number of nitrogens with one attached hydrogen (secondary N) is 2. The molecule has 2 N–H and O–H groups in total. The maximum atomic E-state index is 12.9. The predicted molar refractivity (Wildman–Crippen MR) is 99.8 cm³/mol. The van der Waals surface area contributed by atoms with Crippen molar-refractivity contribution < 1.29 is 18.8 Å². The van der Waals surface area contributed by atoms with Gasteiger partial charge in [-0.2, -0.15) is 0 Å². The third-order valence-corrected chi connectivity index (χ3v) is 4.65. The van der Waals surface area contributed by atoms with E-state index in [2.05, 4.69) is 10.6 Å². The molecule has 0 aromatic heterocycles. The van der Waals surface area contributed by atoms with Crippen LogP contribution in [-0.4, -0.2) is 24.1 Å². The number of hydrogen-bond acceptors (Lipinski definition) is 3. The van der Waals surface area contributed by atoms with Gasteiger partial charge in [-0.1, -0.05) is 12.1 Å². The number of amides is 2. The molecule has 5 nitrogen and oxygen atoms in total. The highest BCUT2D eigenvalue weighted by atomic mass is 19.1. The lowest BCUT2D eigenvalue weighted by molar-refractivity contribution is -0.125. The molecule has 0 saturated heterocycles. The van der Waals surface area contributed by atoms with E-state index in [-0.39, 0.29) is 35.3 Å². The summed E-state index contributed by atoms with van der Waals surface area (Å²) < 4.78 is 12.9. The number of anilines is 1. The van der Waals surface area contributed by atoms with Gasteiger partial charge in [0, 0.05) is 17.8 Å². The summed E-state index contributed by atoms with van der Waals surface area (Å²) in [5.41, 5.74) is 2.13. The summed E-state index contributed by atoms with van der Waals surface area (Å²) in [7, 11) is 0. The van der Waals surface area contributed by atoms with Crippen LogP contribution in [-0.2, 0) is 16.0 Å². The molecular formula is C21H21FN2O3. The predicted octanol–water partition coefficient (Wildman–Crippen LogP) is 2.96. The maximum Gasteiger partial charge on any atom is 0.228 e. The molecule has 27 heavy (non-hydrogen) atoms. The van der Waals surface area contributed by atoms with Crippen molar-refractivity contribution in [2.24, 2.45) is 11.8 Å². The first-order chi connectivity index (χ1) is 12.9. The second-order valence-corrected chi connectivity index (χ2v) is 6.74. The molecule has 2 amide bonds. The fraction of sp³-hybridized carbons (Fsp3) is 0.286. The zero-order valence-electron chi connectivity index (χ0n) is 15.0. The van der Waals surface area contributed by atoms with Crippen molar-refractivity contribution in [1.29, 1.82) is 0 Å². The minimum atomic E-state index is -0.330. The van der Waals surface area contributed by atoms with E-state index in [1.165, 1.54) is 19.1 Å². The Morgan fingerprint density at radius 2 is 1.59 bits per heavy atom. The van der Waals surface area contributed by atoms with Gasteiger partial charge in [0.25, 0.3) is 0 Å². The Hall–Kier alpha value is -3.02. The summed E-state index contributed by atoms with van der Waals surface area (Å²) in [4.78, 5) is 35.6. The van der Waals surface area contributed by atoms with Crippen molar-refractivity contribution in [1.82, 2.24) is 5.32 Å². The van der Waals surface area contributed by atoms with Crippen LogP contribution >= 0.6 is 0 Å². The topological polar surface area (TPSA) is 75.3 Å². The standard InChI is InChI=1S/C21H21FN2O3/c1-13(25)15-4-8-17(9-5-15)24-21(27)19-12-18(19)20(26)23-11-10-14-2-6-16(22)7-3-14/h2-9,18-19H,10-12H2,1H3,(H,23,26)(H,24,27). The first-order valence-electron chi connectivity index (χ1n) is 8.88. The van der Waals surface area contributed by atoms with Gasteiger partial charge in [0.1, 0.15) is 5.82 Å². The molecule has 0 bridgehead atoms. The van der Waals surface area contributed by atoms with Crippen LogP contribution in [0.3, 0.4) is 0 Å². The molecule has 2 aromatic carbocycles. The van der Waals surface area contributed by atoms with Gasteiger partial charge in [0.15, 0.2) is 5.78 Å². The molecule has 1 fully saturated rings. The summed E-state index contributed by atoms with van der Waals surface area (Å²) in [6.45, 7) is 1.93. The Balaban J connectivity index is 1.42. The van der Waals surface area contributed by atoms with E-state index >= 15 is 0 Å². The number of ketones is 1. The fourth-order valence-electron chi connectivity index (χ4n) is 2.91. The van der Waals surface area contributed by atoms with Crippen LogP contribution in [0.4, 0.5) is 10.1 Å². The van der Waals surface area contributed by atoms with Gasteiger partial charge in [0.05, 0.1) is 11.8 Å². The van der Waals surface area contributed by atoms with E-state index in [4.69, 9.17) is 0 Å². The zero-order chi connectivity index (χ0) is 19.4. The smallest absolute Gasteiger partial charge is 0.228 e.